The Kier molecular flexibility index (Phi) is 8.54. The molecule has 0 amide bonds. The molecule has 0 N–H and O–H groups in total. The van der Waals surface area contributed by atoms with Crippen LogP contribution in [0, 0.1) is 0 Å². The Hall–Kier alpha value is 1.23. The van der Waals surface area contributed by atoms with Gasteiger partial charge in [-0.15, -0.1) is 6.08 Å². The van der Waals surface area contributed by atoms with Gasteiger partial charge in [0.15, 0.2) is 0 Å². The number of halogens is 3. The number of hydrogen-bond acceptors (Lipinski definition) is 0. The average molecular weight is 162 g/mol. The molecule has 0 aromatic rings. The standard InChI is InChI=1S/C4H7BF3.K/c1-2-3-4-5(6,7)8;/h2-3H,4H2,1H3;/q-1;+1/b3-2-;. The van der Waals surface area contributed by atoms with Crippen molar-refractivity contribution in [2.24, 2.45) is 0 Å². The van der Waals surface area contributed by atoms with Crippen molar-refractivity contribution in [3.8, 4) is 0 Å². The van der Waals surface area contributed by atoms with Crippen LogP contribution >= 0.6 is 0 Å². The first kappa shape index (κ1) is 12.9. The van der Waals surface area contributed by atoms with Crippen molar-refractivity contribution in [1.82, 2.24) is 0 Å². The molecule has 0 radical (unpaired) electrons. The molecule has 48 valence electrons. The van der Waals surface area contributed by atoms with E-state index in [1.54, 1.807) is 6.92 Å². The fraction of sp³-hybridized carbons (Fsp3) is 0.500. The van der Waals surface area contributed by atoms with Gasteiger partial charge in [-0.2, -0.15) is 0 Å². The third-order valence-electron chi connectivity index (χ3n) is 0.639. The van der Waals surface area contributed by atoms with Crippen molar-refractivity contribution in [3.63, 3.8) is 0 Å². The van der Waals surface area contributed by atoms with Crippen molar-refractivity contribution in [3.05, 3.63) is 12.2 Å². The Morgan fingerprint density at radius 3 is 1.89 bits per heavy atom. The van der Waals surface area contributed by atoms with Gasteiger partial charge in [-0.05, 0) is 6.92 Å². The summed E-state index contributed by atoms with van der Waals surface area (Å²) in [6.45, 7) is -3.02. The summed E-state index contributed by atoms with van der Waals surface area (Å²) in [6, 6.07) is 0. The van der Waals surface area contributed by atoms with Crippen LogP contribution in [0.4, 0.5) is 12.9 Å². The van der Waals surface area contributed by atoms with Gasteiger partial charge in [-0.25, -0.2) is 0 Å². The summed E-state index contributed by atoms with van der Waals surface area (Å²) in [5, 5.41) is 0. The maximum absolute atomic E-state index is 11.3. The Morgan fingerprint density at radius 2 is 1.78 bits per heavy atom. The molecule has 0 aliphatic carbocycles. The molecule has 0 aliphatic rings. The summed E-state index contributed by atoms with van der Waals surface area (Å²) >= 11 is 0. The van der Waals surface area contributed by atoms with Crippen molar-refractivity contribution in [2.75, 3.05) is 0 Å². The van der Waals surface area contributed by atoms with Gasteiger partial charge in [0.2, 0.25) is 0 Å². The predicted molar refractivity (Wildman–Crippen MR) is 28.7 cm³/mol. The van der Waals surface area contributed by atoms with E-state index in [2.05, 4.69) is 0 Å². The first-order chi connectivity index (χ1) is 3.56. The minimum Gasteiger partial charge on any atom is -0.449 e. The van der Waals surface area contributed by atoms with Crippen LogP contribution in [0.1, 0.15) is 6.92 Å². The molecule has 0 atom stereocenters. The van der Waals surface area contributed by atoms with Crippen LogP contribution in [0.25, 0.3) is 0 Å². The maximum Gasteiger partial charge on any atom is 1.00 e. The van der Waals surface area contributed by atoms with Gasteiger partial charge in [0.05, 0.1) is 0 Å². The van der Waals surface area contributed by atoms with Crippen LogP contribution in [0.2, 0.25) is 6.32 Å². The van der Waals surface area contributed by atoms with E-state index >= 15 is 0 Å². The minimum atomic E-state index is -4.59. The van der Waals surface area contributed by atoms with Crippen LogP contribution < -0.4 is 51.4 Å². The second-order valence-electron chi connectivity index (χ2n) is 1.52. The van der Waals surface area contributed by atoms with Gasteiger partial charge >= 0.3 is 58.4 Å². The van der Waals surface area contributed by atoms with Gasteiger partial charge in [0.1, 0.15) is 0 Å². The van der Waals surface area contributed by atoms with Crippen molar-refractivity contribution in [2.45, 2.75) is 13.2 Å². The molecular formula is C4H7BF3K. The molecule has 0 saturated carbocycles. The van der Waals surface area contributed by atoms with Crippen LogP contribution in [0.3, 0.4) is 0 Å². The topological polar surface area (TPSA) is 0 Å². The summed E-state index contributed by atoms with van der Waals surface area (Å²) in [6.07, 6.45) is 1.76. The van der Waals surface area contributed by atoms with Gasteiger partial charge in [0.25, 0.3) is 0 Å². The molecule has 0 aliphatic heterocycles. The molecule has 0 unspecified atom stereocenters. The molecule has 0 aromatic heterocycles. The zero-order chi connectivity index (χ0) is 6.62. The van der Waals surface area contributed by atoms with Crippen LogP contribution in [-0.2, 0) is 0 Å². The molecular weight excluding hydrogens is 155 g/mol. The molecule has 0 bridgehead atoms. The quantitative estimate of drug-likeness (QED) is 0.376. The fourth-order valence-electron chi connectivity index (χ4n) is 0.290. The van der Waals surface area contributed by atoms with E-state index in [9.17, 15) is 12.9 Å². The largest absolute Gasteiger partial charge is 1.00 e. The van der Waals surface area contributed by atoms with Crippen LogP contribution in [0.15, 0.2) is 12.2 Å². The molecule has 0 nitrogen and oxygen atoms in total. The minimum absolute atomic E-state index is 0. The number of rotatable bonds is 2. The zero-order valence-corrected chi connectivity index (χ0v) is 8.70. The maximum atomic E-state index is 11.3. The SMILES string of the molecule is C/C=C\C[B-](F)(F)F.[K+]. The monoisotopic (exact) mass is 162 g/mol. The Labute approximate surface area is 95.4 Å². The molecule has 0 aromatic carbocycles. The zero-order valence-electron chi connectivity index (χ0n) is 5.57. The van der Waals surface area contributed by atoms with Gasteiger partial charge in [-0.3, -0.25) is 0 Å². The van der Waals surface area contributed by atoms with Crippen molar-refractivity contribution >= 4 is 6.98 Å². The second kappa shape index (κ2) is 5.98. The van der Waals surface area contributed by atoms with Gasteiger partial charge in [-0.1, -0.05) is 12.4 Å². The van der Waals surface area contributed by atoms with Gasteiger partial charge in [0, 0.05) is 0 Å². The van der Waals surface area contributed by atoms with Crippen LogP contribution in [0.5, 0.6) is 0 Å². The molecule has 9 heavy (non-hydrogen) atoms. The molecule has 5 heteroatoms. The number of allylic oxidation sites excluding steroid dienone is 2. The number of hydrogen-bond donors (Lipinski definition) is 0. The second-order valence-corrected chi connectivity index (χ2v) is 1.52. The van der Waals surface area contributed by atoms with E-state index in [-0.39, 0.29) is 51.4 Å². The fourth-order valence-corrected chi connectivity index (χ4v) is 0.290. The molecule has 0 spiro atoms. The Bertz CT molecular complexity index is 88.3. The summed E-state index contributed by atoms with van der Waals surface area (Å²) in [7, 11) is 0. The van der Waals surface area contributed by atoms with E-state index in [0.717, 1.165) is 6.08 Å². The molecule has 0 heterocycles. The smallest absolute Gasteiger partial charge is 0.449 e. The predicted octanol–water partition coefficient (Wildman–Crippen LogP) is -0.586. The van der Waals surface area contributed by atoms with Crippen molar-refractivity contribution < 1.29 is 64.3 Å². The summed E-state index contributed by atoms with van der Waals surface area (Å²) < 4.78 is 33.8. The third kappa shape index (κ3) is 12.4. The Balaban J connectivity index is 0. The third-order valence-corrected chi connectivity index (χ3v) is 0.639. The first-order valence-corrected chi connectivity index (χ1v) is 2.38. The van der Waals surface area contributed by atoms with Crippen LogP contribution in [-0.4, -0.2) is 6.98 Å². The molecule has 0 rings (SSSR count). The van der Waals surface area contributed by atoms with Crippen molar-refractivity contribution in [1.29, 1.82) is 0 Å². The van der Waals surface area contributed by atoms with E-state index in [0.29, 0.717) is 0 Å². The summed E-state index contributed by atoms with van der Waals surface area (Å²) in [5.74, 6) is 0. The molecule has 0 saturated heterocycles. The molecule has 0 fully saturated rings. The van der Waals surface area contributed by atoms with Gasteiger partial charge < -0.3 is 12.9 Å². The normalized spacial score (nSPS) is 11.6. The average Bonchev–Trinajstić information content (AvgIpc) is 1.59. The van der Waals surface area contributed by atoms with E-state index in [4.69, 9.17) is 0 Å². The van der Waals surface area contributed by atoms with E-state index in [1.807, 2.05) is 0 Å². The summed E-state index contributed by atoms with van der Waals surface area (Å²) in [5.41, 5.74) is 0. The van der Waals surface area contributed by atoms with E-state index in [1.165, 1.54) is 6.08 Å². The van der Waals surface area contributed by atoms with E-state index < -0.39 is 13.3 Å². The summed E-state index contributed by atoms with van der Waals surface area (Å²) in [4.78, 5) is 0. The first-order valence-electron chi connectivity index (χ1n) is 2.38. The Morgan fingerprint density at radius 1 is 1.33 bits per heavy atom.